The Kier molecular flexibility index (Phi) is 11.5. The van der Waals surface area contributed by atoms with Gasteiger partial charge >= 0.3 is 29.5 Å². The lowest BCUT2D eigenvalue weighted by atomic mass is 9.88. The van der Waals surface area contributed by atoms with Crippen LogP contribution in [-0.4, -0.2) is 155 Å². The van der Waals surface area contributed by atoms with Crippen molar-refractivity contribution in [3.63, 3.8) is 0 Å². The zero-order valence-electron chi connectivity index (χ0n) is 22.0. The summed E-state index contributed by atoms with van der Waals surface area (Å²) in [4.78, 5) is 49.5. The first-order valence-electron chi connectivity index (χ1n) is 12.3. The molecule has 0 bridgehead atoms. The third-order valence-electron chi connectivity index (χ3n) is 6.61. The molecule has 0 aromatic heterocycles. The summed E-state index contributed by atoms with van der Waals surface area (Å²) in [6.45, 7) is -0.298. The number of hydrogen-bond donors (Lipinski definition) is 11. The first kappa shape index (κ1) is 34.6. The zero-order chi connectivity index (χ0) is 31.4. The van der Waals surface area contributed by atoms with E-state index in [1.54, 1.807) is 0 Å². The Bertz CT molecular complexity index is 968. The summed E-state index contributed by atoms with van der Waals surface area (Å²) in [6.07, 6.45) is -18.0. The highest BCUT2D eigenvalue weighted by molar-refractivity contribution is 5.86. The number of carbonyl (C=O) groups is 4. The van der Waals surface area contributed by atoms with Crippen LogP contribution < -0.4 is 11.1 Å². The van der Waals surface area contributed by atoms with E-state index < -0.39 is 122 Å². The van der Waals surface area contributed by atoms with Crippen molar-refractivity contribution in [2.24, 2.45) is 5.73 Å². The fourth-order valence-electron chi connectivity index (χ4n) is 4.53. The molecule has 0 aromatic rings. The highest BCUT2D eigenvalue weighted by Gasteiger charge is 2.62. The lowest BCUT2D eigenvalue weighted by molar-refractivity contribution is -0.333. The minimum Gasteiger partial charge on any atom is -0.476 e. The van der Waals surface area contributed by atoms with Crippen molar-refractivity contribution in [1.29, 1.82) is 0 Å². The summed E-state index contributed by atoms with van der Waals surface area (Å²) in [6, 6.07) is -3.13. The molecule has 0 aliphatic carbocycles. The topological polar surface area (TPSA) is 325 Å². The van der Waals surface area contributed by atoms with Gasteiger partial charge in [0.05, 0.1) is 50.3 Å². The van der Waals surface area contributed by atoms with E-state index >= 15 is 0 Å². The number of carboxylic acid groups (broad SMARTS) is 1. The summed E-state index contributed by atoms with van der Waals surface area (Å²) in [5.74, 6) is -12.3. The maximum absolute atomic E-state index is 13.5. The molecule has 2 fully saturated rings. The zero-order valence-corrected chi connectivity index (χ0v) is 22.0. The number of carboxylic acids is 1. The molecule has 0 radical (unpaired) electrons. The van der Waals surface area contributed by atoms with Crippen molar-refractivity contribution < 1.29 is 84.1 Å². The maximum Gasteiger partial charge on any atom is 0.382 e. The van der Waals surface area contributed by atoms with Gasteiger partial charge in [-0.25, -0.2) is 9.59 Å². The number of rotatable bonds is 11. The summed E-state index contributed by atoms with van der Waals surface area (Å²) < 4.78 is 20.8. The van der Waals surface area contributed by atoms with Gasteiger partial charge in [-0.2, -0.15) is 0 Å². The number of aliphatic carboxylic acids is 1. The molecule has 0 saturated carbocycles. The average Bonchev–Trinajstić information content (AvgIpc) is 2.89. The number of esters is 2. The Labute approximate surface area is 232 Å². The van der Waals surface area contributed by atoms with E-state index in [2.05, 4.69) is 5.32 Å². The lowest BCUT2D eigenvalue weighted by Crippen LogP contribution is -2.70. The minimum atomic E-state index is -3.23. The second-order valence-electron chi connectivity index (χ2n) is 9.79. The Morgan fingerprint density at radius 1 is 0.878 bits per heavy atom. The number of aliphatic hydroxyl groups is 8. The molecule has 0 unspecified atom stereocenters. The highest BCUT2D eigenvalue weighted by atomic mass is 16.8. The molecule has 2 aliphatic heterocycles. The molecule has 0 spiro atoms. The van der Waals surface area contributed by atoms with Crippen molar-refractivity contribution >= 4 is 23.8 Å². The number of ether oxygens (including phenoxy) is 4. The third-order valence-corrected chi connectivity index (χ3v) is 6.61. The molecule has 19 heteroatoms. The molecule has 12 N–H and O–H groups in total. The van der Waals surface area contributed by atoms with E-state index in [-0.39, 0.29) is 0 Å². The molecule has 1 amide bonds. The van der Waals surface area contributed by atoms with Gasteiger partial charge in [-0.1, -0.05) is 0 Å². The predicted molar refractivity (Wildman–Crippen MR) is 126 cm³/mol. The van der Waals surface area contributed by atoms with E-state index in [0.29, 0.717) is 0 Å². The second kappa shape index (κ2) is 13.6. The van der Waals surface area contributed by atoms with Crippen molar-refractivity contribution in [2.75, 3.05) is 13.2 Å². The van der Waals surface area contributed by atoms with Crippen LogP contribution in [0.3, 0.4) is 0 Å². The number of carbonyl (C=O) groups excluding carboxylic acids is 3. The second-order valence-corrected chi connectivity index (χ2v) is 9.79. The fourth-order valence-corrected chi connectivity index (χ4v) is 4.53. The monoisotopic (exact) mass is 600 g/mol. The van der Waals surface area contributed by atoms with Crippen LogP contribution in [0.15, 0.2) is 0 Å². The van der Waals surface area contributed by atoms with Gasteiger partial charge in [0.25, 0.3) is 0 Å². The summed E-state index contributed by atoms with van der Waals surface area (Å²) >= 11 is 0. The standard InChI is InChI=1S/C22H36N2O17/c1-7(27)24-14-10(30)4-21(19(35)36,40-18(14)16(34)12(32)6-26)41-20(37)22(38-8(2)28)3-9(29)13(23)17(39-22)15(33)11(31)5-25/h9-18,25-26,29-34H,3-6,23H2,1-2H3,(H,24,27)(H,35,36)/t9-,10-,11+,12+,13+,14+,15+,16+,17+,18+,21+,22-/m0/s1. The molecule has 2 aliphatic rings. The summed E-state index contributed by atoms with van der Waals surface area (Å²) in [5, 5.41) is 92.5. The van der Waals surface area contributed by atoms with Gasteiger partial charge in [0.15, 0.2) is 0 Å². The highest BCUT2D eigenvalue weighted by Crippen LogP contribution is 2.38. The van der Waals surface area contributed by atoms with Crippen LogP contribution in [0, 0.1) is 0 Å². The van der Waals surface area contributed by atoms with Crippen LogP contribution in [0.5, 0.6) is 0 Å². The molecular weight excluding hydrogens is 564 g/mol. The van der Waals surface area contributed by atoms with Crippen LogP contribution in [0.2, 0.25) is 0 Å². The normalized spacial score (nSPS) is 36.8. The summed E-state index contributed by atoms with van der Waals surface area (Å²) in [5.41, 5.74) is 5.81. The predicted octanol–water partition coefficient (Wildman–Crippen LogP) is -6.87. The number of nitrogens with two attached hydrogens (primary N) is 1. The number of aliphatic hydroxyl groups excluding tert-OH is 8. The molecule has 236 valence electrons. The van der Waals surface area contributed by atoms with E-state index in [4.69, 9.17) is 24.7 Å². The molecule has 2 saturated heterocycles. The van der Waals surface area contributed by atoms with Gasteiger partial charge < -0.3 is 76.0 Å². The average molecular weight is 601 g/mol. The Balaban J connectivity index is 2.55. The molecular formula is C22H36N2O17. The van der Waals surface area contributed by atoms with Crippen LogP contribution in [0.1, 0.15) is 26.7 Å². The van der Waals surface area contributed by atoms with Crippen LogP contribution in [0.4, 0.5) is 0 Å². The Morgan fingerprint density at radius 3 is 1.83 bits per heavy atom. The van der Waals surface area contributed by atoms with E-state index in [1.165, 1.54) is 0 Å². The van der Waals surface area contributed by atoms with Crippen LogP contribution in [-0.2, 0) is 38.1 Å². The maximum atomic E-state index is 13.5. The van der Waals surface area contributed by atoms with Crippen molar-refractivity contribution in [3.8, 4) is 0 Å². The number of nitrogens with one attached hydrogen (secondary N) is 1. The van der Waals surface area contributed by atoms with Gasteiger partial charge in [0, 0.05) is 13.8 Å². The smallest absolute Gasteiger partial charge is 0.382 e. The van der Waals surface area contributed by atoms with Crippen molar-refractivity contribution in [1.82, 2.24) is 5.32 Å². The van der Waals surface area contributed by atoms with Crippen LogP contribution in [0.25, 0.3) is 0 Å². The van der Waals surface area contributed by atoms with Crippen molar-refractivity contribution in [3.05, 3.63) is 0 Å². The van der Waals surface area contributed by atoms with Gasteiger partial charge in [0.2, 0.25) is 5.91 Å². The van der Waals surface area contributed by atoms with Gasteiger partial charge in [-0.15, -0.1) is 0 Å². The third kappa shape index (κ3) is 7.45. The molecule has 0 aromatic carbocycles. The molecule has 2 rings (SSSR count). The number of amides is 1. The first-order chi connectivity index (χ1) is 18.9. The van der Waals surface area contributed by atoms with E-state index in [9.17, 15) is 65.1 Å². The fraction of sp³-hybridized carbons (Fsp3) is 0.818. The molecule has 12 atom stereocenters. The largest absolute Gasteiger partial charge is 0.476 e. The molecule has 2 heterocycles. The van der Waals surface area contributed by atoms with Gasteiger partial charge in [0.1, 0.15) is 36.6 Å². The lowest BCUT2D eigenvalue weighted by Gasteiger charge is -2.48. The first-order valence-corrected chi connectivity index (χ1v) is 12.3. The van der Waals surface area contributed by atoms with Gasteiger partial charge in [-0.05, 0) is 0 Å². The quantitative estimate of drug-likeness (QED) is 0.0981. The van der Waals surface area contributed by atoms with Crippen molar-refractivity contribution in [2.45, 2.75) is 99.2 Å². The Morgan fingerprint density at radius 2 is 1.37 bits per heavy atom. The number of hydrogen-bond acceptors (Lipinski definition) is 17. The van der Waals surface area contributed by atoms with Gasteiger partial charge in [-0.3, -0.25) is 9.59 Å². The summed E-state index contributed by atoms with van der Waals surface area (Å²) in [7, 11) is 0. The molecule has 41 heavy (non-hydrogen) atoms. The minimum absolute atomic E-state index is 0.780. The van der Waals surface area contributed by atoms with E-state index in [0.717, 1.165) is 13.8 Å². The SMILES string of the molecule is CC(=O)N[C@H]1[C@H]([C@H](O)[C@H](O)CO)O[C@](OC(=O)[C@]2(OC(C)=O)C[C@H](O)[C@@H](N)[C@H]([C@H](O)[C@H](O)CO)O2)(C(=O)O)C[C@@H]1O. The molecule has 19 nitrogen and oxygen atoms in total. The Hall–Kier alpha value is -2.56. The van der Waals surface area contributed by atoms with Crippen LogP contribution >= 0.6 is 0 Å². The van der Waals surface area contributed by atoms with E-state index in [1.807, 2.05) is 0 Å².